The summed E-state index contributed by atoms with van der Waals surface area (Å²) in [4.78, 5) is 15.9. The third-order valence-electron chi connectivity index (χ3n) is 2.52. The van der Waals surface area contributed by atoms with Crippen LogP contribution in [-0.2, 0) is 4.74 Å². The predicted molar refractivity (Wildman–Crippen MR) is 69.0 cm³/mol. The van der Waals surface area contributed by atoms with Gasteiger partial charge in [-0.1, -0.05) is 11.6 Å². The lowest BCUT2D eigenvalue weighted by molar-refractivity contribution is 0.0600. The summed E-state index contributed by atoms with van der Waals surface area (Å²) in [6.45, 7) is 1.82. The van der Waals surface area contributed by atoms with Crippen molar-refractivity contribution in [2.45, 2.75) is 6.92 Å². The van der Waals surface area contributed by atoms with Crippen molar-refractivity contribution in [1.82, 2.24) is 14.8 Å². The molecule has 0 aliphatic carbocycles. The number of methoxy groups -OCH3 is 2. The van der Waals surface area contributed by atoms with Crippen molar-refractivity contribution in [3.8, 4) is 11.7 Å². The summed E-state index contributed by atoms with van der Waals surface area (Å²) < 4.78 is 11.2. The standard InChI is InChI=1S/C12H12ClN3O3/c1-7-6-10(18-2)15-16(7)11-8(12(17)19-3)4-5-9(13)14-11/h4-6H,1-3H3. The van der Waals surface area contributed by atoms with E-state index in [1.807, 2.05) is 6.92 Å². The number of halogens is 1. The van der Waals surface area contributed by atoms with Crippen molar-refractivity contribution in [3.63, 3.8) is 0 Å². The molecule has 2 rings (SSSR count). The Balaban J connectivity index is 2.62. The number of rotatable bonds is 3. The van der Waals surface area contributed by atoms with E-state index < -0.39 is 5.97 Å². The Hall–Kier alpha value is -2.08. The van der Waals surface area contributed by atoms with Crippen LogP contribution < -0.4 is 4.74 Å². The molecule has 0 spiro atoms. The fourth-order valence-electron chi connectivity index (χ4n) is 1.62. The molecule has 6 nitrogen and oxygen atoms in total. The minimum absolute atomic E-state index is 0.261. The smallest absolute Gasteiger partial charge is 0.341 e. The summed E-state index contributed by atoms with van der Waals surface area (Å²) in [5.41, 5.74) is 1.04. The molecule has 0 aliphatic rings. The molecule has 2 heterocycles. The van der Waals surface area contributed by atoms with Crippen molar-refractivity contribution in [2.75, 3.05) is 14.2 Å². The zero-order valence-corrected chi connectivity index (χ0v) is 11.4. The molecule has 0 saturated heterocycles. The van der Waals surface area contributed by atoms with Gasteiger partial charge in [0, 0.05) is 11.8 Å². The van der Waals surface area contributed by atoms with Crippen LogP contribution in [0.2, 0.25) is 5.15 Å². The van der Waals surface area contributed by atoms with E-state index in [4.69, 9.17) is 21.1 Å². The Bertz CT molecular complexity index is 625. The molecule has 0 amide bonds. The van der Waals surface area contributed by atoms with E-state index >= 15 is 0 Å². The summed E-state index contributed by atoms with van der Waals surface area (Å²) in [6.07, 6.45) is 0. The first-order valence-electron chi connectivity index (χ1n) is 5.42. The highest BCUT2D eigenvalue weighted by Crippen LogP contribution is 2.20. The topological polar surface area (TPSA) is 66.2 Å². The van der Waals surface area contributed by atoms with Crippen LogP contribution in [0, 0.1) is 6.92 Å². The number of carbonyl (C=O) groups is 1. The third-order valence-corrected chi connectivity index (χ3v) is 2.73. The van der Waals surface area contributed by atoms with E-state index in [9.17, 15) is 4.79 Å². The van der Waals surface area contributed by atoms with Gasteiger partial charge in [0.1, 0.15) is 10.7 Å². The van der Waals surface area contributed by atoms with Gasteiger partial charge in [0.15, 0.2) is 5.82 Å². The number of esters is 1. The normalized spacial score (nSPS) is 10.3. The molecule has 0 bridgehead atoms. The average molecular weight is 282 g/mol. The number of nitrogens with zero attached hydrogens (tertiary/aromatic N) is 3. The van der Waals surface area contributed by atoms with Crippen LogP contribution in [0.4, 0.5) is 0 Å². The zero-order chi connectivity index (χ0) is 14.0. The number of hydrogen-bond acceptors (Lipinski definition) is 5. The molecular formula is C12H12ClN3O3. The van der Waals surface area contributed by atoms with Gasteiger partial charge in [0.05, 0.1) is 14.2 Å². The lowest BCUT2D eigenvalue weighted by Gasteiger charge is -2.08. The van der Waals surface area contributed by atoms with E-state index in [-0.39, 0.29) is 10.7 Å². The van der Waals surface area contributed by atoms with E-state index in [0.717, 1.165) is 5.69 Å². The van der Waals surface area contributed by atoms with Gasteiger partial charge < -0.3 is 9.47 Å². The summed E-state index contributed by atoms with van der Waals surface area (Å²) in [7, 11) is 2.82. The summed E-state index contributed by atoms with van der Waals surface area (Å²) >= 11 is 5.87. The second-order valence-electron chi connectivity index (χ2n) is 3.74. The Morgan fingerprint density at radius 2 is 2.11 bits per heavy atom. The quantitative estimate of drug-likeness (QED) is 0.636. The zero-order valence-electron chi connectivity index (χ0n) is 10.7. The van der Waals surface area contributed by atoms with Crippen LogP contribution in [0.25, 0.3) is 5.82 Å². The second kappa shape index (κ2) is 5.27. The molecule has 2 aromatic heterocycles. The van der Waals surface area contributed by atoms with E-state index in [1.54, 1.807) is 12.1 Å². The highest BCUT2D eigenvalue weighted by atomic mass is 35.5. The summed E-state index contributed by atoms with van der Waals surface area (Å²) in [5, 5.41) is 4.44. The highest BCUT2D eigenvalue weighted by molar-refractivity contribution is 6.29. The number of aryl methyl sites for hydroxylation is 1. The second-order valence-corrected chi connectivity index (χ2v) is 4.12. The van der Waals surface area contributed by atoms with Gasteiger partial charge >= 0.3 is 5.97 Å². The van der Waals surface area contributed by atoms with Crippen LogP contribution in [0.3, 0.4) is 0 Å². The first-order valence-corrected chi connectivity index (χ1v) is 5.80. The van der Waals surface area contributed by atoms with Gasteiger partial charge in [-0.05, 0) is 19.1 Å². The first-order chi connectivity index (χ1) is 9.06. The SMILES string of the molecule is COC(=O)c1ccc(Cl)nc1-n1nc(OC)cc1C. The summed E-state index contributed by atoms with van der Waals surface area (Å²) in [5.74, 6) is 0.225. The van der Waals surface area contributed by atoms with Crippen molar-refractivity contribution in [2.24, 2.45) is 0 Å². The van der Waals surface area contributed by atoms with Crippen LogP contribution in [0.1, 0.15) is 16.1 Å². The third kappa shape index (κ3) is 2.53. The van der Waals surface area contributed by atoms with Gasteiger partial charge in [0.2, 0.25) is 5.88 Å². The van der Waals surface area contributed by atoms with Gasteiger partial charge in [-0.2, -0.15) is 0 Å². The van der Waals surface area contributed by atoms with Gasteiger partial charge in [0.25, 0.3) is 0 Å². The molecule has 0 radical (unpaired) electrons. The minimum atomic E-state index is -0.506. The molecule has 0 aromatic carbocycles. The number of aromatic nitrogens is 3. The number of ether oxygens (including phenoxy) is 2. The minimum Gasteiger partial charge on any atom is -0.480 e. The number of carbonyl (C=O) groups excluding carboxylic acids is 1. The van der Waals surface area contributed by atoms with Crippen LogP contribution in [0.5, 0.6) is 5.88 Å². The Kier molecular flexibility index (Phi) is 3.71. The molecule has 0 aliphatic heterocycles. The van der Waals surface area contributed by atoms with Crippen molar-refractivity contribution in [3.05, 3.63) is 34.6 Å². The molecule has 0 unspecified atom stereocenters. The van der Waals surface area contributed by atoms with Crippen molar-refractivity contribution in [1.29, 1.82) is 0 Å². The number of hydrogen-bond donors (Lipinski definition) is 0. The van der Waals surface area contributed by atoms with E-state index in [0.29, 0.717) is 11.7 Å². The molecule has 7 heteroatoms. The largest absolute Gasteiger partial charge is 0.480 e. The van der Waals surface area contributed by atoms with Crippen molar-refractivity contribution < 1.29 is 14.3 Å². The van der Waals surface area contributed by atoms with Crippen LogP contribution in [-0.4, -0.2) is 35.0 Å². The number of pyridine rings is 1. The average Bonchev–Trinajstić information content (AvgIpc) is 2.79. The molecule has 0 atom stereocenters. The maximum absolute atomic E-state index is 11.7. The lowest BCUT2D eigenvalue weighted by Crippen LogP contribution is -2.12. The lowest BCUT2D eigenvalue weighted by atomic mass is 10.2. The molecule has 100 valence electrons. The highest BCUT2D eigenvalue weighted by Gasteiger charge is 2.18. The van der Waals surface area contributed by atoms with E-state index in [1.165, 1.54) is 25.0 Å². The molecule has 2 aromatic rings. The van der Waals surface area contributed by atoms with Gasteiger partial charge in [-0.3, -0.25) is 0 Å². The predicted octanol–water partition coefficient (Wildman–Crippen LogP) is 2.02. The molecule has 0 saturated carbocycles. The van der Waals surface area contributed by atoms with Crippen LogP contribution in [0.15, 0.2) is 18.2 Å². The fraction of sp³-hybridized carbons (Fsp3) is 0.250. The fourth-order valence-corrected chi connectivity index (χ4v) is 1.76. The first kappa shape index (κ1) is 13.4. The Morgan fingerprint density at radius 1 is 1.37 bits per heavy atom. The molecular weight excluding hydrogens is 270 g/mol. The summed E-state index contributed by atoms with van der Waals surface area (Å²) in [6, 6.07) is 4.79. The maximum atomic E-state index is 11.7. The van der Waals surface area contributed by atoms with Crippen molar-refractivity contribution >= 4 is 17.6 Å². The maximum Gasteiger partial charge on any atom is 0.341 e. The molecule has 19 heavy (non-hydrogen) atoms. The Morgan fingerprint density at radius 3 is 2.68 bits per heavy atom. The van der Waals surface area contributed by atoms with Gasteiger partial charge in [-0.15, -0.1) is 5.10 Å². The Labute approximate surface area is 114 Å². The molecule has 0 N–H and O–H groups in total. The van der Waals surface area contributed by atoms with Crippen LogP contribution >= 0.6 is 11.6 Å². The molecule has 0 fully saturated rings. The van der Waals surface area contributed by atoms with E-state index in [2.05, 4.69) is 10.1 Å². The monoisotopic (exact) mass is 281 g/mol. The van der Waals surface area contributed by atoms with Gasteiger partial charge in [-0.25, -0.2) is 14.5 Å².